The minimum atomic E-state index is 0. The fraction of sp³-hybridized carbons (Fsp3) is 0. The van der Waals surface area contributed by atoms with E-state index in [0.717, 1.165) is 0 Å². The molecule has 0 aliphatic rings. The Bertz CT molecular complexity index is 17.7. The first-order valence-corrected chi connectivity index (χ1v) is 0. The minimum Gasteiger partial charge on any atom is -1.00 e. The van der Waals surface area contributed by atoms with Crippen molar-refractivity contribution < 1.29 is 92.7 Å². The normalized spacial score (nSPS) is 0. The summed E-state index contributed by atoms with van der Waals surface area (Å²) in [6.45, 7) is 0. The van der Waals surface area contributed by atoms with Crippen LogP contribution in [0.2, 0.25) is 0 Å². The zero-order chi connectivity index (χ0) is 0. The van der Waals surface area contributed by atoms with Gasteiger partial charge in [0.1, 0.15) is 0 Å². The molecule has 0 atom stereocenters. The van der Waals surface area contributed by atoms with Crippen molar-refractivity contribution in [3.05, 3.63) is 0 Å². The molecule has 34 valence electrons. The van der Waals surface area contributed by atoms with Gasteiger partial charge in [-0.3, -0.25) is 0 Å². The molecule has 0 aromatic rings. The van der Waals surface area contributed by atoms with Gasteiger partial charge in [-0.1, -0.05) is 0 Å². The molecule has 5 heavy (non-hydrogen) atoms. The molecule has 2 radical (unpaired) electrons. The van der Waals surface area contributed by atoms with Crippen LogP contribution in [0.1, 0.15) is 2.85 Å². The van der Waals surface area contributed by atoms with Crippen molar-refractivity contribution in [3.8, 4) is 0 Å². The van der Waals surface area contributed by atoms with E-state index in [-0.39, 0.29) is 138 Å². The summed E-state index contributed by atoms with van der Waals surface area (Å²) < 4.78 is 0. The molecule has 0 aromatic heterocycles. The minimum absolute atomic E-state index is 0. The van der Waals surface area contributed by atoms with Crippen molar-refractivity contribution >= 4 is 45.5 Å². The summed E-state index contributed by atoms with van der Waals surface area (Å²) in [5.74, 6) is 0. The van der Waals surface area contributed by atoms with E-state index in [1.807, 2.05) is 0 Å². The second-order valence-electron chi connectivity index (χ2n) is 0. The molecule has 0 fully saturated rings. The van der Waals surface area contributed by atoms with Gasteiger partial charge in [-0.2, -0.15) is 0 Å². The molecule has 0 saturated heterocycles. The molecule has 0 saturated carbocycles. The third-order valence-electron chi connectivity index (χ3n) is 0. The summed E-state index contributed by atoms with van der Waals surface area (Å²) in [7, 11) is 0. The Morgan fingerprint density at radius 1 is 1.20 bits per heavy atom. The van der Waals surface area contributed by atoms with Crippen LogP contribution in [0.4, 0.5) is 0 Å². The van der Waals surface area contributed by atoms with Crippen molar-refractivity contribution in [2.24, 2.45) is 0 Å². The average Bonchev–Trinajstić information content (AvgIpc) is 0. The van der Waals surface area contributed by atoms with Crippen molar-refractivity contribution in [1.29, 1.82) is 0 Å². The van der Waals surface area contributed by atoms with Gasteiger partial charge in [0.05, 0.1) is 0 Å². The maximum Gasteiger partial charge on any atom is 2.00 e. The van der Waals surface area contributed by atoms with E-state index in [1.54, 1.807) is 0 Å². The fourth-order valence-electron chi connectivity index (χ4n) is 0. The molecule has 5 heteroatoms. The molecule has 0 N–H and O–H groups in total. The Labute approximate surface area is 135 Å². The molecule has 0 bridgehead atoms. The number of hydrogen-bond donors (Lipinski definition) is 0. The van der Waals surface area contributed by atoms with Gasteiger partial charge >= 0.3 is 45.5 Å². The molecule has 0 unspecified atom stereocenters. The number of rotatable bonds is 0. The van der Waals surface area contributed by atoms with Crippen molar-refractivity contribution in [2.75, 3.05) is 0 Å². The molecular weight excluding hydrogens is 448 g/mol. The van der Waals surface area contributed by atoms with Gasteiger partial charge in [0.25, 0.3) is 0 Å². The van der Waals surface area contributed by atoms with Crippen molar-refractivity contribution in [2.45, 2.75) is 0 Å². The smallest absolute Gasteiger partial charge is 1.00 e. The molecule has 0 aliphatic heterocycles. The molecule has 0 aliphatic carbocycles. The second kappa shape index (κ2) is 23.8. The molecule has 0 nitrogen and oxygen atoms in total. The largest absolute Gasteiger partial charge is 2.00 e. The Kier molecular flexibility index (Phi) is 164. The first-order chi connectivity index (χ1) is 0. The van der Waals surface area contributed by atoms with Crippen LogP contribution in [0, 0.1) is 35.6 Å². The molecular formula is H2CoFeLaPdSr. The Morgan fingerprint density at radius 3 is 1.20 bits per heavy atom. The van der Waals surface area contributed by atoms with E-state index in [9.17, 15) is 0 Å². The zero-order valence-corrected chi connectivity index (χ0v) is 13.1. The SMILES string of the molecule is [Co].[Fe].[H-].[H-].[La].[Pd].[Sr+2]. The quantitative estimate of drug-likeness (QED) is 0.451. The van der Waals surface area contributed by atoms with E-state index >= 15 is 0 Å². The van der Waals surface area contributed by atoms with Crippen molar-refractivity contribution in [1.82, 2.24) is 0 Å². The van der Waals surface area contributed by atoms with E-state index < -0.39 is 0 Å². The standard InChI is InChI=1S/Co.Fe.La.Pd.Sr.2H/q;;;;+2;2*-1. The summed E-state index contributed by atoms with van der Waals surface area (Å²) in [5, 5.41) is 0. The van der Waals surface area contributed by atoms with Crippen LogP contribution in [-0.4, -0.2) is 45.5 Å². The third kappa shape index (κ3) is 17.8. The zero-order valence-electron chi connectivity index (χ0n) is 4.29. The van der Waals surface area contributed by atoms with Gasteiger partial charge in [-0.25, -0.2) is 0 Å². The van der Waals surface area contributed by atoms with Crippen LogP contribution in [0.5, 0.6) is 0 Å². The van der Waals surface area contributed by atoms with E-state index in [0.29, 0.717) is 0 Å². The molecule has 0 aromatic carbocycles. The predicted octanol–water partition coefficient (Wildman–Crippen LogP) is -0.163. The summed E-state index contributed by atoms with van der Waals surface area (Å²) in [4.78, 5) is 0. The maximum atomic E-state index is 0. The van der Waals surface area contributed by atoms with Gasteiger partial charge in [0, 0.05) is 89.9 Å². The predicted molar refractivity (Wildman–Crippen MR) is 7.98 cm³/mol. The second-order valence-corrected chi connectivity index (χ2v) is 0. The van der Waals surface area contributed by atoms with Crippen LogP contribution in [0.15, 0.2) is 0 Å². The topological polar surface area (TPSA) is 0 Å². The Balaban J connectivity index is 0. The van der Waals surface area contributed by atoms with E-state index in [4.69, 9.17) is 0 Å². The van der Waals surface area contributed by atoms with Gasteiger partial charge in [0.15, 0.2) is 0 Å². The van der Waals surface area contributed by atoms with Crippen LogP contribution in [-0.2, 0) is 54.3 Å². The van der Waals surface area contributed by atoms with Crippen LogP contribution in [0.25, 0.3) is 0 Å². The first kappa shape index (κ1) is 34.4. The first-order valence-electron chi connectivity index (χ1n) is 0. The monoisotopic (exact) mass is 450 g/mol. The Hall–Kier alpha value is 4.36. The summed E-state index contributed by atoms with van der Waals surface area (Å²) in [6, 6.07) is 0. The maximum absolute atomic E-state index is 0. The van der Waals surface area contributed by atoms with Gasteiger partial charge in [-0.05, 0) is 0 Å². The summed E-state index contributed by atoms with van der Waals surface area (Å²) in [5.41, 5.74) is 0. The number of hydrogen-bond acceptors (Lipinski definition) is 0. The van der Waals surface area contributed by atoms with E-state index in [2.05, 4.69) is 0 Å². The summed E-state index contributed by atoms with van der Waals surface area (Å²) in [6.07, 6.45) is 0. The summed E-state index contributed by atoms with van der Waals surface area (Å²) >= 11 is 0. The molecule has 0 heterocycles. The molecule has 0 spiro atoms. The van der Waals surface area contributed by atoms with Crippen LogP contribution >= 0.6 is 0 Å². The van der Waals surface area contributed by atoms with Gasteiger partial charge in [0.2, 0.25) is 0 Å². The molecule has 0 amide bonds. The van der Waals surface area contributed by atoms with Crippen LogP contribution < -0.4 is 0 Å². The molecule has 0 rings (SSSR count). The fourth-order valence-corrected chi connectivity index (χ4v) is 0. The van der Waals surface area contributed by atoms with Gasteiger partial charge in [-0.15, -0.1) is 0 Å². The van der Waals surface area contributed by atoms with Crippen LogP contribution in [0.3, 0.4) is 0 Å². The van der Waals surface area contributed by atoms with Crippen molar-refractivity contribution in [3.63, 3.8) is 0 Å². The third-order valence-corrected chi connectivity index (χ3v) is 0. The average molecular weight is 450 g/mol. The van der Waals surface area contributed by atoms with Gasteiger partial charge < -0.3 is 2.85 Å². The Morgan fingerprint density at radius 2 is 1.20 bits per heavy atom. The van der Waals surface area contributed by atoms with E-state index in [1.165, 1.54) is 0 Å².